The van der Waals surface area contributed by atoms with Crippen molar-refractivity contribution in [2.75, 3.05) is 0 Å². The van der Waals surface area contributed by atoms with Gasteiger partial charge in [-0.2, -0.15) is 0 Å². The van der Waals surface area contributed by atoms with Gasteiger partial charge in [0.25, 0.3) is 0 Å². The molecule has 0 radical (unpaired) electrons. The van der Waals surface area contributed by atoms with Crippen molar-refractivity contribution >= 4 is 42.5 Å². The van der Waals surface area contributed by atoms with Gasteiger partial charge in [-0.05, 0) is 96.2 Å². The Bertz CT molecular complexity index is 2350. The molecule has 0 aliphatic heterocycles. The normalized spacial score (nSPS) is 14.7. The second kappa shape index (κ2) is 10.5. The molecule has 0 amide bonds. The number of fused-ring (bicyclic) bond motifs is 4. The second-order valence-corrected chi connectivity index (χ2v) is 12.9. The van der Waals surface area contributed by atoms with Gasteiger partial charge in [0.15, 0.2) is 0 Å². The summed E-state index contributed by atoms with van der Waals surface area (Å²) in [7, 11) is 0. The van der Waals surface area contributed by atoms with E-state index in [9.17, 15) is 0 Å². The summed E-state index contributed by atoms with van der Waals surface area (Å²) in [5.41, 5.74) is 9.45. The predicted molar refractivity (Wildman–Crippen MR) is 185 cm³/mol. The smallest absolute Gasteiger partial charge is 0.147 e. The molecule has 3 aromatic heterocycles. The molecule has 43 heavy (non-hydrogen) atoms. The molecular formula is C39H37N3S. The van der Waals surface area contributed by atoms with Crippen molar-refractivity contribution in [2.24, 2.45) is 0 Å². The fourth-order valence-corrected chi connectivity index (χ4v) is 7.53. The van der Waals surface area contributed by atoms with Crippen molar-refractivity contribution in [3.05, 3.63) is 113 Å². The lowest BCUT2D eigenvalue weighted by Gasteiger charge is -2.24. The zero-order valence-electron chi connectivity index (χ0n) is 31.0. The SMILES string of the molecule is [2H]C([2H])([2H])c1ccc2c(c1)sc1c(-c3nc4ccnc(C)c4n3-c3c(C(C)C)cc(-c4ccccc4)cc3C(C)C)ccc(C([2H])([2H])[2H])c12. The third-order valence-corrected chi connectivity index (χ3v) is 9.54. The average Bonchev–Trinajstić information content (AvgIpc) is 3.62. The van der Waals surface area contributed by atoms with Gasteiger partial charge in [-0.1, -0.05) is 76.2 Å². The van der Waals surface area contributed by atoms with E-state index in [-0.39, 0.29) is 23.0 Å². The summed E-state index contributed by atoms with van der Waals surface area (Å²) in [6.07, 6.45) is 1.77. The zero-order valence-corrected chi connectivity index (χ0v) is 25.8. The van der Waals surface area contributed by atoms with Crippen molar-refractivity contribution in [1.29, 1.82) is 0 Å². The van der Waals surface area contributed by atoms with Crippen LogP contribution in [0.15, 0.2) is 85.1 Å². The zero-order chi connectivity index (χ0) is 35.0. The summed E-state index contributed by atoms with van der Waals surface area (Å²) < 4.78 is 53.1. The summed E-state index contributed by atoms with van der Waals surface area (Å²) in [6.45, 7) is 6.16. The highest BCUT2D eigenvalue weighted by Crippen LogP contribution is 2.45. The van der Waals surface area contributed by atoms with Gasteiger partial charge >= 0.3 is 0 Å². The van der Waals surface area contributed by atoms with E-state index in [0.29, 0.717) is 11.2 Å². The molecule has 0 N–H and O–H groups in total. The number of imidazole rings is 1. The van der Waals surface area contributed by atoms with Crippen molar-refractivity contribution in [3.63, 3.8) is 0 Å². The lowest BCUT2D eigenvalue weighted by molar-refractivity contribution is 0.811. The van der Waals surface area contributed by atoms with Crippen molar-refractivity contribution in [1.82, 2.24) is 14.5 Å². The highest BCUT2D eigenvalue weighted by atomic mass is 32.1. The number of aromatic nitrogens is 3. The maximum atomic E-state index is 8.44. The minimum Gasteiger partial charge on any atom is -0.290 e. The van der Waals surface area contributed by atoms with E-state index in [0.717, 1.165) is 53.9 Å². The maximum Gasteiger partial charge on any atom is 0.147 e. The maximum absolute atomic E-state index is 8.44. The molecule has 0 saturated carbocycles. The first-order valence-corrected chi connectivity index (χ1v) is 15.5. The molecule has 4 aromatic carbocycles. The third kappa shape index (κ3) is 4.47. The quantitative estimate of drug-likeness (QED) is 0.201. The van der Waals surface area contributed by atoms with E-state index < -0.39 is 13.7 Å². The molecule has 7 rings (SSSR count). The molecule has 0 spiro atoms. The molecule has 0 bridgehead atoms. The lowest BCUT2D eigenvalue weighted by atomic mass is 9.88. The fourth-order valence-electron chi connectivity index (χ4n) is 6.25. The standard InChI is InChI=1S/C39H37N3S/c1-22(2)31-20-28(27-11-9-8-10-12-27)21-32(23(3)4)37(31)42-36-26(7)40-18-17-33(36)41-39(42)30-16-14-25(6)35-29-15-13-24(5)19-34(29)43-38(30)35/h8-23H,1-7H3/i5D3,6D3. The minimum atomic E-state index is -2.38. The second-order valence-electron chi connectivity index (χ2n) is 11.9. The van der Waals surface area contributed by atoms with Gasteiger partial charge < -0.3 is 0 Å². The predicted octanol–water partition coefficient (Wildman–Crippen LogP) is 11.3. The van der Waals surface area contributed by atoms with Gasteiger partial charge in [-0.15, -0.1) is 11.3 Å². The van der Waals surface area contributed by atoms with Crippen molar-refractivity contribution in [3.8, 4) is 28.2 Å². The molecular weight excluding hydrogens is 543 g/mol. The summed E-state index contributed by atoms with van der Waals surface area (Å²) in [5.74, 6) is 1.02. The first-order chi connectivity index (χ1) is 23.1. The number of benzene rings is 4. The first-order valence-electron chi connectivity index (χ1n) is 17.7. The topological polar surface area (TPSA) is 30.7 Å². The van der Waals surface area contributed by atoms with E-state index in [1.54, 1.807) is 30.5 Å². The third-order valence-electron chi connectivity index (χ3n) is 8.35. The van der Waals surface area contributed by atoms with E-state index >= 15 is 0 Å². The number of pyridine rings is 1. The Labute approximate surface area is 266 Å². The molecule has 0 aliphatic rings. The van der Waals surface area contributed by atoms with Crippen LogP contribution in [0.3, 0.4) is 0 Å². The Kier molecular flexibility index (Phi) is 5.21. The first kappa shape index (κ1) is 21.4. The number of aryl methyl sites for hydroxylation is 3. The number of hydrogen-bond acceptors (Lipinski definition) is 3. The van der Waals surface area contributed by atoms with Crippen LogP contribution in [0.1, 0.15) is 75.7 Å². The summed E-state index contributed by atoms with van der Waals surface area (Å²) in [5, 5.41) is 1.33. The minimum absolute atomic E-state index is 0.166. The van der Waals surface area contributed by atoms with Gasteiger partial charge in [0.05, 0.1) is 22.4 Å². The molecule has 0 unspecified atom stereocenters. The largest absolute Gasteiger partial charge is 0.290 e. The van der Waals surface area contributed by atoms with E-state index in [1.807, 2.05) is 25.1 Å². The van der Waals surface area contributed by atoms with E-state index in [4.69, 9.17) is 18.2 Å². The molecule has 0 saturated heterocycles. The van der Waals surface area contributed by atoms with Gasteiger partial charge in [0, 0.05) is 40.2 Å². The van der Waals surface area contributed by atoms with Crippen LogP contribution in [-0.2, 0) is 0 Å². The number of nitrogens with zero attached hydrogens (tertiary/aromatic N) is 3. The van der Waals surface area contributed by atoms with Crippen LogP contribution >= 0.6 is 11.3 Å². The summed E-state index contributed by atoms with van der Waals surface area (Å²) in [4.78, 5) is 9.97. The van der Waals surface area contributed by atoms with Crippen LogP contribution in [0, 0.1) is 20.6 Å². The highest BCUT2D eigenvalue weighted by molar-refractivity contribution is 7.26. The summed E-state index contributed by atoms with van der Waals surface area (Å²) >= 11 is 1.41. The van der Waals surface area contributed by atoms with Crippen LogP contribution in [0.4, 0.5) is 0 Å². The van der Waals surface area contributed by atoms with Crippen LogP contribution < -0.4 is 0 Å². The Morgan fingerprint density at radius 1 is 0.814 bits per heavy atom. The Hall–Kier alpha value is -4.28. The van der Waals surface area contributed by atoms with Gasteiger partial charge in [0.2, 0.25) is 0 Å². The van der Waals surface area contributed by atoms with Crippen LogP contribution in [-0.4, -0.2) is 14.5 Å². The van der Waals surface area contributed by atoms with Gasteiger partial charge in [-0.25, -0.2) is 4.98 Å². The monoisotopic (exact) mass is 585 g/mol. The number of rotatable bonds is 5. The Morgan fingerprint density at radius 2 is 1.58 bits per heavy atom. The molecule has 0 aliphatic carbocycles. The van der Waals surface area contributed by atoms with E-state index in [1.165, 1.54) is 22.5 Å². The number of hydrogen-bond donors (Lipinski definition) is 0. The van der Waals surface area contributed by atoms with E-state index in [2.05, 4.69) is 68.7 Å². The molecule has 214 valence electrons. The summed E-state index contributed by atoms with van der Waals surface area (Å²) in [6, 6.07) is 25.5. The molecule has 3 nitrogen and oxygen atoms in total. The van der Waals surface area contributed by atoms with Crippen molar-refractivity contribution in [2.45, 2.75) is 60.2 Å². The van der Waals surface area contributed by atoms with Crippen LogP contribution in [0.25, 0.3) is 59.4 Å². The molecule has 0 fully saturated rings. The Morgan fingerprint density at radius 3 is 2.28 bits per heavy atom. The van der Waals surface area contributed by atoms with Gasteiger partial charge in [0.1, 0.15) is 5.82 Å². The van der Waals surface area contributed by atoms with Crippen molar-refractivity contribution < 1.29 is 8.22 Å². The average molecular weight is 586 g/mol. The Balaban J connectivity index is 1.63. The molecule has 0 atom stereocenters. The molecule has 4 heteroatoms. The number of thiophene rings is 1. The highest BCUT2D eigenvalue weighted by Gasteiger charge is 2.26. The van der Waals surface area contributed by atoms with Crippen LogP contribution in [0.2, 0.25) is 0 Å². The molecule has 7 aromatic rings. The van der Waals surface area contributed by atoms with Gasteiger partial charge in [-0.3, -0.25) is 9.55 Å². The van der Waals surface area contributed by atoms with Crippen LogP contribution in [0.5, 0.6) is 0 Å². The fraction of sp³-hybridized carbons (Fsp3) is 0.231. The molecule has 3 heterocycles. The lowest BCUT2D eigenvalue weighted by Crippen LogP contribution is -2.10.